The lowest BCUT2D eigenvalue weighted by molar-refractivity contribution is 1.07. The Hall–Kier alpha value is -12.5. The van der Waals surface area contributed by atoms with E-state index in [0.717, 1.165) is 44.7 Å². The third kappa shape index (κ3) is 8.70. The van der Waals surface area contributed by atoms with E-state index in [1.807, 2.05) is 24.7 Å². The van der Waals surface area contributed by atoms with E-state index in [9.17, 15) is 0 Å². The number of benzene rings is 13. The van der Waals surface area contributed by atoms with E-state index in [2.05, 4.69) is 332 Å². The van der Waals surface area contributed by atoms with Crippen molar-refractivity contribution in [2.75, 3.05) is 0 Å². The van der Waals surface area contributed by atoms with Gasteiger partial charge in [0.15, 0.2) is 0 Å². The summed E-state index contributed by atoms with van der Waals surface area (Å²) >= 11 is 0. The highest BCUT2D eigenvalue weighted by molar-refractivity contribution is 6.15. The van der Waals surface area contributed by atoms with Crippen molar-refractivity contribution in [3.63, 3.8) is 0 Å². The number of hydrogen-bond donors (Lipinski definition) is 0. The van der Waals surface area contributed by atoms with Crippen LogP contribution in [0.15, 0.2) is 334 Å². The molecule has 19 aromatic rings. The molecule has 0 saturated heterocycles. The van der Waals surface area contributed by atoms with Crippen molar-refractivity contribution in [1.29, 1.82) is 0 Å². The van der Waals surface area contributed by atoms with Crippen LogP contribution in [-0.2, 0) is 0 Å². The van der Waals surface area contributed by atoms with Crippen molar-refractivity contribution in [2.24, 2.45) is 0 Å². The van der Waals surface area contributed by atoms with Gasteiger partial charge in [-0.2, -0.15) is 0 Å². The number of nitrogens with zero attached hydrogens (tertiary/aromatic N) is 7. The van der Waals surface area contributed by atoms with Crippen LogP contribution >= 0.6 is 0 Å². The normalized spacial score (nSPS) is 11.7. The van der Waals surface area contributed by atoms with Gasteiger partial charge in [-0.3, -0.25) is 4.98 Å². The highest BCUT2D eigenvalue weighted by atomic mass is 15.0. The van der Waals surface area contributed by atoms with Gasteiger partial charge < -0.3 is 18.3 Å². The second-order valence-corrected chi connectivity index (χ2v) is 23.6. The molecule has 430 valence electrons. The molecule has 0 radical (unpaired) electrons. The maximum atomic E-state index is 4.79. The summed E-state index contributed by atoms with van der Waals surface area (Å²) in [5.41, 5.74) is 24.5. The molecule has 0 aliphatic carbocycles. The quantitative estimate of drug-likeness (QED) is 0.152. The van der Waals surface area contributed by atoms with Crippen LogP contribution in [0.5, 0.6) is 0 Å². The molecule has 0 aliphatic rings. The summed E-state index contributed by atoms with van der Waals surface area (Å²) in [6.45, 7) is 0. The predicted octanol–water partition coefficient (Wildman–Crippen LogP) is 21.8. The maximum absolute atomic E-state index is 4.79. The fourth-order valence-corrected chi connectivity index (χ4v) is 14.2. The Morgan fingerprint density at radius 1 is 0.217 bits per heavy atom. The molecule has 92 heavy (non-hydrogen) atoms. The minimum absolute atomic E-state index is 0.956. The summed E-state index contributed by atoms with van der Waals surface area (Å²) in [6, 6.07) is 112. The highest BCUT2D eigenvalue weighted by Gasteiger charge is 2.20. The van der Waals surface area contributed by atoms with Crippen LogP contribution in [0.4, 0.5) is 0 Å². The second kappa shape index (κ2) is 21.7. The second-order valence-electron chi connectivity index (χ2n) is 23.6. The van der Waals surface area contributed by atoms with Gasteiger partial charge in [-0.15, -0.1) is 0 Å². The van der Waals surface area contributed by atoms with Crippen LogP contribution in [0.1, 0.15) is 0 Å². The lowest BCUT2D eigenvalue weighted by atomic mass is 10.0. The van der Waals surface area contributed by atoms with Gasteiger partial charge in [0.25, 0.3) is 0 Å². The van der Waals surface area contributed by atoms with Crippen molar-refractivity contribution >= 4 is 98.1 Å². The number of fused-ring (bicyclic) bond motifs is 13. The van der Waals surface area contributed by atoms with Crippen LogP contribution in [0, 0.1) is 0 Å². The zero-order valence-electron chi connectivity index (χ0n) is 49.9. The minimum Gasteiger partial charge on any atom is -0.309 e. The van der Waals surface area contributed by atoms with Crippen molar-refractivity contribution in [2.45, 2.75) is 0 Å². The predicted molar refractivity (Wildman–Crippen MR) is 383 cm³/mol. The van der Waals surface area contributed by atoms with Gasteiger partial charge in [0.05, 0.1) is 73.4 Å². The number of rotatable bonds is 8. The molecule has 0 atom stereocenters. The van der Waals surface area contributed by atoms with E-state index in [1.165, 1.54) is 121 Å². The zero-order chi connectivity index (χ0) is 60.6. The molecular formula is C85H55N7. The van der Waals surface area contributed by atoms with Crippen molar-refractivity contribution in [1.82, 2.24) is 33.2 Å². The molecule has 19 rings (SSSR count). The van der Waals surface area contributed by atoms with Gasteiger partial charge in [0.1, 0.15) is 6.33 Å². The summed E-state index contributed by atoms with van der Waals surface area (Å²) in [4.78, 5) is 13.4. The van der Waals surface area contributed by atoms with Crippen LogP contribution in [0.3, 0.4) is 0 Å². The maximum Gasteiger partial charge on any atom is 0.115 e. The first-order valence-corrected chi connectivity index (χ1v) is 31.2. The summed E-state index contributed by atoms with van der Waals surface area (Å²) in [5.74, 6) is 0. The Kier molecular flexibility index (Phi) is 12.4. The summed E-state index contributed by atoms with van der Waals surface area (Å²) in [5, 5.41) is 11.0. The van der Waals surface area contributed by atoms with Gasteiger partial charge in [-0.1, -0.05) is 200 Å². The molecule has 6 heterocycles. The van der Waals surface area contributed by atoms with E-state index in [0.29, 0.717) is 0 Å². The topological polar surface area (TPSA) is 58.4 Å². The Bertz CT molecular complexity index is 6030. The average Bonchev–Trinajstić information content (AvgIpc) is 1.63. The molecule has 7 nitrogen and oxygen atoms in total. The number of aromatic nitrogens is 7. The van der Waals surface area contributed by atoms with Gasteiger partial charge in [-0.05, 0) is 154 Å². The third-order valence-corrected chi connectivity index (χ3v) is 18.5. The Morgan fingerprint density at radius 3 is 0.967 bits per heavy atom. The lowest BCUT2D eigenvalue weighted by Crippen LogP contribution is -1.96. The number of hydrogen-bond acceptors (Lipinski definition) is 3. The zero-order valence-corrected chi connectivity index (χ0v) is 49.9. The summed E-state index contributed by atoms with van der Waals surface area (Å²) in [6.07, 6.45) is 7.18. The van der Waals surface area contributed by atoms with Gasteiger partial charge in [0, 0.05) is 66.0 Å². The molecule has 13 aromatic carbocycles. The van der Waals surface area contributed by atoms with Crippen molar-refractivity contribution < 1.29 is 0 Å². The lowest BCUT2D eigenvalue weighted by Gasteiger charge is -2.11. The van der Waals surface area contributed by atoms with Crippen LogP contribution in [0.25, 0.3) is 165 Å². The summed E-state index contributed by atoms with van der Waals surface area (Å²) in [7, 11) is 0. The molecule has 0 N–H and O–H groups in total. The molecule has 0 spiro atoms. The molecule has 6 aromatic heterocycles. The molecule has 0 bridgehead atoms. The van der Waals surface area contributed by atoms with Crippen LogP contribution in [-0.4, -0.2) is 33.2 Å². The fourth-order valence-electron chi connectivity index (χ4n) is 14.2. The largest absolute Gasteiger partial charge is 0.309 e. The van der Waals surface area contributed by atoms with Crippen molar-refractivity contribution in [3.05, 3.63) is 334 Å². The Morgan fingerprint density at radius 2 is 0.543 bits per heavy atom. The first-order valence-electron chi connectivity index (χ1n) is 31.2. The monoisotopic (exact) mass is 1170 g/mol. The first kappa shape index (κ1) is 52.7. The SMILES string of the molecule is c1ccc(-c2ccc(-n3c4ccccc4c4cc(-c5ccc6c(c5)c5ccccc5n6-c5cccc6cccnc56)ccc43)cc2)cc1.c1ccc(-c2ccc(-n3c4ccccc4c4cc(-c5ccc6c(c5)c5ccccc5n6-c5cncnc5)ccc43)cc2)cc1. The smallest absolute Gasteiger partial charge is 0.115 e. The van der Waals surface area contributed by atoms with E-state index >= 15 is 0 Å². The molecular weight excluding hydrogens is 1120 g/mol. The van der Waals surface area contributed by atoms with E-state index < -0.39 is 0 Å². The number of pyridine rings is 1. The van der Waals surface area contributed by atoms with Crippen molar-refractivity contribution in [3.8, 4) is 67.3 Å². The van der Waals surface area contributed by atoms with E-state index in [-0.39, 0.29) is 0 Å². The van der Waals surface area contributed by atoms with Gasteiger partial charge in [-0.25, -0.2) is 9.97 Å². The molecule has 0 saturated carbocycles. The minimum atomic E-state index is 0.956. The van der Waals surface area contributed by atoms with Crippen LogP contribution in [0.2, 0.25) is 0 Å². The van der Waals surface area contributed by atoms with Crippen LogP contribution < -0.4 is 0 Å². The fraction of sp³-hybridized carbons (Fsp3) is 0. The first-order chi connectivity index (χ1) is 45.6. The summed E-state index contributed by atoms with van der Waals surface area (Å²) < 4.78 is 9.37. The average molecular weight is 1170 g/mol. The Balaban J connectivity index is 0.000000136. The molecule has 0 amide bonds. The molecule has 0 unspecified atom stereocenters. The highest BCUT2D eigenvalue weighted by Crippen LogP contribution is 2.42. The Labute approximate surface area is 529 Å². The van der Waals surface area contributed by atoms with E-state index in [4.69, 9.17) is 4.98 Å². The third-order valence-electron chi connectivity index (χ3n) is 18.5. The van der Waals surface area contributed by atoms with Gasteiger partial charge >= 0.3 is 0 Å². The standard InChI is InChI=1S/C45H29N3.C40H26N4/c1-2-10-30(11-3-1)31-19-23-35(24-20-31)47-40-16-6-4-14-36(40)38-28-33(21-25-42(38)47)34-22-26-43-39(29-34)37-15-5-7-17-41(37)48(43)44-18-8-12-32-13-9-27-46-45(32)44;1-2-8-27(9-3-1)28-14-18-31(19-15-28)43-37-12-6-4-10-33(37)35-22-29(16-20-39(35)43)30-17-21-40-36(23-30)34-11-5-7-13-38(34)44(40)32-24-41-26-42-25-32/h1-29H;1-26H. The molecule has 0 fully saturated rings. The number of para-hydroxylation sites is 5. The van der Waals surface area contributed by atoms with Gasteiger partial charge in [0.2, 0.25) is 0 Å². The molecule has 0 aliphatic heterocycles. The van der Waals surface area contributed by atoms with E-state index in [1.54, 1.807) is 6.33 Å². The molecule has 7 heteroatoms.